The summed E-state index contributed by atoms with van der Waals surface area (Å²) in [7, 11) is 1.39. The van der Waals surface area contributed by atoms with Gasteiger partial charge in [0.05, 0.1) is 49.7 Å². The van der Waals surface area contributed by atoms with Crippen LogP contribution in [0.4, 0.5) is 31.8 Å². The molecule has 1 aromatic carbocycles. The van der Waals surface area contributed by atoms with Crippen molar-refractivity contribution in [3.63, 3.8) is 0 Å². The van der Waals surface area contributed by atoms with E-state index < -0.39 is 24.5 Å². The van der Waals surface area contributed by atoms with Crippen molar-refractivity contribution in [2.45, 2.75) is 13.2 Å². The number of pyridine rings is 1. The molecule has 0 unspecified atom stereocenters. The van der Waals surface area contributed by atoms with E-state index in [9.17, 15) is 13.6 Å². The molecule has 1 aliphatic heterocycles. The number of aromatic nitrogens is 5. The SMILES string of the molecule is [2H]C([2H])([2H])NC(=O)c1nnc2cc1Nc1cc(cc(-c3ncc(F)cn3)c1OC)COCc1nc(ccc1F)N2. The average molecular weight is 509 g/mol. The van der Waals surface area contributed by atoms with E-state index in [1.807, 2.05) is 5.32 Å². The van der Waals surface area contributed by atoms with Crippen molar-refractivity contribution in [2.24, 2.45) is 0 Å². The summed E-state index contributed by atoms with van der Waals surface area (Å²) in [5.41, 5.74) is 0.907. The highest BCUT2D eigenvalue weighted by Crippen LogP contribution is 2.39. The minimum absolute atomic E-state index is 0.0160. The van der Waals surface area contributed by atoms with E-state index in [0.29, 0.717) is 11.1 Å². The fourth-order valence-corrected chi connectivity index (χ4v) is 3.67. The third-order valence-corrected chi connectivity index (χ3v) is 5.29. The molecule has 1 amide bonds. The van der Waals surface area contributed by atoms with Crippen LogP contribution in [0.1, 0.15) is 25.9 Å². The van der Waals surface area contributed by atoms with Crippen LogP contribution in [-0.4, -0.2) is 45.1 Å². The molecule has 188 valence electrons. The highest BCUT2D eigenvalue weighted by Gasteiger charge is 2.21. The molecule has 1 aliphatic rings. The smallest absolute Gasteiger partial charge is 0.273 e. The Morgan fingerprint density at radius 2 is 1.92 bits per heavy atom. The lowest BCUT2D eigenvalue weighted by atomic mass is 10.1. The number of benzene rings is 1. The molecule has 0 radical (unpaired) electrons. The predicted octanol–water partition coefficient (Wildman–Crippen LogP) is 3.49. The van der Waals surface area contributed by atoms with Crippen molar-refractivity contribution < 1.29 is 27.2 Å². The molecule has 0 atom stereocenters. The fraction of sp³-hybridized carbons (Fsp3) is 0.167. The van der Waals surface area contributed by atoms with E-state index in [-0.39, 0.29) is 59.2 Å². The number of ether oxygens (including phenoxy) is 2. The standard InChI is InChI=1S/C24H20F2N8O3/c1-27-24(35)21-16-7-20(33-34-21)32-19-4-3-15(26)18(31-19)11-37-10-12-5-14(22(36-2)17(6-12)30-16)23-28-8-13(25)9-29-23/h3-9,30H,10-11H2,1-2H3,(H,27,35)(H,31,32,33)/i1D3. The van der Waals surface area contributed by atoms with Crippen LogP contribution in [0.2, 0.25) is 0 Å². The van der Waals surface area contributed by atoms with E-state index in [4.69, 9.17) is 13.6 Å². The molecule has 0 saturated carbocycles. The van der Waals surface area contributed by atoms with Gasteiger partial charge in [-0.2, -0.15) is 0 Å². The number of hydrogen-bond donors (Lipinski definition) is 3. The van der Waals surface area contributed by atoms with Gasteiger partial charge < -0.3 is 25.4 Å². The van der Waals surface area contributed by atoms with Gasteiger partial charge in [0, 0.05) is 17.2 Å². The minimum Gasteiger partial charge on any atom is -0.494 e. The number of rotatable bonds is 3. The van der Waals surface area contributed by atoms with E-state index in [2.05, 4.69) is 35.8 Å². The zero-order valence-corrected chi connectivity index (χ0v) is 19.2. The van der Waals surface area contributed by atoms with E-state index in [1.165, 1.54) is 25.3 Å². The maximum Gasteiger partial charge on any atom is 0.273 e. The minimum atomic E-state index is -2.79. The second-order valence-electron chi connectivity index (χ2n) is 7.76. The van der Waals surface area contributed by atoms with Crippen molar-refractivity contribution in [3.8, 4) is 17.1 Å². The van der Waals surface area contributed by atoms with Crippen LogP contribution < -0.4 is 20.7 Å². The van der Waals surface area contributed by atoms with Gasteiger partial charge >= 0.3 is 0 Å². The van der Waals surface area contributed by atoms with Crippen LogP contribution in [0.5, 0.6) is 5.75 Å². The summed E-state index contributed by atoms with van der Waals surface area (Å²) in [6, 6.07) is 7.28. The largest absolute Gasteiger partial charge is 0.494 e. The van der Waals surface area contributed by atoms with Crippen LogP contribution >= 0.6 is 0 Å². The van der Waals surface area contributed by atoms with Gasteiger partial charge in [-0.15, -0.1) is 10.2 Å². The summed E-state index contributed by atoms with van der Waals surface area (Å²) in [6.45, 7) is -2.97. The lowest BCUT2D eigenvalue weighted by Crippen LogP contribution is -2.21. The van der Waals surface area contributed by atoms with Crippen molar-refractivity contribution in [1.29, 1.82) is 0 Å². The van der Waals surface area contributed by atoms with E-state index in [0.717, 1.165) is 12.4 Å². The van der Waals surface area contributed by atoms with Gasteiger partial charge in [0.2, 0.25) is 0 Å². The molecule has 11 nitrogen and oxygen atoms in total. The molecule has 3 aromatic heterocycles. The predicted molar refractivity (Wildman–Crippen MR) is 129 cm³/mol. The second-order valence-corrected chi connectivity index (χ2v) is 7.76. The Morgan fingerprint density at radius 3 is 2.70 bits per heavy atom. The Balaban J connectivity index is 1.69. The first-order valence-corrected chi connectivity index (χ1v) is 10.8. The summed E-state index contributed by atoms with van der Waals surface area (Å²) in [4.78, 5) is 25.1. The zero-order valence-electron chi connectivity index (χ0n) is 22.2. The number of fused-ring (bicyclic) bond motifs is 6. The lowest BCUT2D eigenvalue weighted by Gasteiger charge is -2.19. The zero-order chi connectivity index (χ0) is 28.4. The summed E-state index contributed by atoms with van der Waals surface area (Å²) in [6.07, 6.45) is 1.99. The number of amides is 1. The Hall–Kier alpha value is -4.78. The van der Waals surface area contributed by atoms with Crippen molar-refractivity contribution >= 4 is 28.9 Å². The highest BCUT2D eigenvalue weighted by atomic mass is 19.1. The number of methoxy groups -OCH3 is 1. The maximum atomic E-state index is 14.4. The van der Waals surface area contributed by atoms with Gasteiger partial charge in [0.1, 0.15) is 17.3 Å². The Bertz CT molecular complexity index is 1590. The third-order valence-electron chi connectivity index (χ3n) is 5.29. The van der Waals surface area contributed by atoms with Gasteiger partial charge in [0.15, 0.2) is 28.9 Å². The quantitative estimate of drug-likeness (QED) is 0.376. The molecule has 0 aliphatic carbocycles. The molecule has 3 N–H and O–H groups in total. The maximum absolute atomic E-state index is 14.4. The monoisotopic (exact) mass is 509 g/mol. The van der Waals surface area contributed by atoms with Crippen molar-refractivity contribution in [3.05, 3.63) is 71.3 Å². The summed E-state index contributed by atoms with van der Waals surface area (Å²) in [5, 5.41) is 15.7. The Labute approximate surface area is 213 Å². The van der Waals surface area contributed by atoms with Crippen LogP contribution in [0, 0.1) is 11.6 Å². The van der Waals surface area contributed by atoms with Gasteiger partial charge in [-0.1, -0.05) is 0 Å². The number of anilines is 4. The van der Waals surface area contributed by atoms with E-state index >= 15 is 0 Å². The number of carbonyl (C=O) groups excluding carboxylic acids is 1. The average Bonchev–Trinajstić information content (AvgIpc) is 2.89. The molecule has 4 aromatic rings. The molecule has 0 fully saturated rings. The molecule has 37 heavy (non-hydrogen) atoms. The molecule has 6 bridgehead atoms. The first-order chi connectivity index (χ1) is 19.1. The van der Waals surface area contributed by atoms with E-state index in [1.54, 1.807) is 12.1 Å². The Kier molecular flexibility index (Phi) is 5.55. The van der Waals surface area contributed by atoms with Crippen molar-refractivity contribution in [1.82, 2.24) is 30.5 Å². The number of nitrogens with zero attached hydrogens (tertiary/aromatic N) is 5. The van der Waals surface area contributed by atoms with Gasteiger partial charge in [0.25, 0.3) is 5.91 Å². The summed E-state index contributed by atoms with van der Waals surface area (Å²) in [5.74, 6) is -1.57. The van der Waals surface area contributed by atoms with Gasteiger partial charge in [-0.3, -0.25) is 4.79 Å². The second kappa shape index (κ2) is 10.1. The van der Waals surface area contributed by atoms with Crippen LogP contribution in [0.25, 0.3) is 11.4 Å². The molecular formula is C24H20F2N8O3. The molecule has 13 heteroatoms. The Morgan fingerprint density at radius 1 is 1.08 bits per heavy atom. The van der Waals surface area contributed by atoms with Crippen LogP contribution in [-0.2, 0) is 18.0 Å². The summed E-state index contributed by atoms with van der Waals surface area (Å²) >= 11 is 0. The van der Waals surface area contributed by atoms with Crippen LogP contribution in [0.3, 0.4) is 0 Å². The molecular weight excluding hydrogens is 486 g/mol. The topological polar surface area (TPSA) is 136 Å². The first-order valence-electron chi connectivity index (χ1n) is 12.3. The highest BCUT2D eigenvalue weighted by molar-refractivity contribution is 5.99. The fourth-order valence-electron chi connectivity index (χ4n) is 3.67. The van der Waals surface area contributed by atoms with Crippen LogP contribution in [0.15, 0.2) is 42.7 Å². The lowest BCUT2D eigenvalue weighted by molar-refractivity contribution is 0.0958. The van der Waals surface area contributed by atoms with Crippen molar-refractivity contribution in [2.75, 3.05) is 24.7 Å². The number of nitrogens with one attached hydrogen (secondary N) is 3. The first kappa shape index (κ1) is 20.4. The summed E-state index contributed by atoms with van der Waals surface area (Å²) < 4.78 is 61.6. The van der Waals surface area contributed by atoms with Gasteiger partial charge in [-0.25, -0.2) is 23.7 Å². The molecule has 4 heterocycles. The molecule has 0 spiro atoms. The molecule has 0 saturated heterocycles. The number of halogens is 2. The van der Waals surface area contributed by atoms with Gasteiger partial charge in [-0.05, 0) is 29.8 Å². The normalized spacial score (nSPS) is 14.1. The third kappa shape index (κ3) is 4.97. The molecule has 5 rings (SSSR count). The number of hydrogen-bond acceptors (Lipinski definition) is 10. The number of carbonyl (C=O) groups is 1.